The number of carboxylic acids is 2. The predicted octanol–water partition coefficient (Wildman–Crippen LogP) is -1.48. The summed E-state index contributed by atoms with van der Waals surface area (Å²) < 4.78 is 0. The van der Waals surface area contributed by atoms with E-state index in [2.05, 4.69) is 26.3 Å². The molecule has 47 heavy (non-hydrogen) atoms. The summed E-state index contributed by atoms with van der Waals surface area (Å²) in [5.74, 6) is -6.95. The number of aliphatic imine (C=N–C) groups is 1. The van der Waals surface area contributed by atoms with Crippen LogP contribution in [0.4, 0.5) is 0 Å². The van der Waals surface area contributed by atoms with E-state index in [1.54, 1.807) is 27.7 Å². The van der Waals surface area contributed by atoms with Gasteiger partial charge in [-0.1, -0.05) is 46.2 Å². The molecule has 262 valence electrons. The number of hydrogen-bond donors (Lipinski definition) is 10. The lowest BCUT2D eigenvalue weighted by molar-refractivity contribution is -0.144. The Bertz CT molecular complexity index is 1270. The molecule has 0 bridgehead atoms. The van der Waals surface area contributed by atoms with Crippen LogP contribution in [0.3, 0.4) is 0 Å². The third kappa shape index (κ3) is 14.4. The molecule has 1 aromatic rings. The van der Waals surface area contributed by atoms with E-state index in [-0.39, 0.29) is 37.5 Å². The number of phenolic OH excluding ortho intramolecular Hbond substituents is 1. The highest BCUT2D eigenvalue weighted by molar-refractivity contribution is 5.96. The molecule has 0 heterocycles. The minimum Gasteiger partial charge on any atom is -0.508 e. The minimum atomic E-state index is -1.45. The molecular weight excluding hydrogens is 616 g/mol. The molecule has 1 aromatic carbocycles. The van der Waals surface area contributed by atoms with E-state index >= 15 is 0 Å². The second-order valence-electron chi connectivity index (χ2n) is 11.6. The van der Waals surface area contributed by atoms with Gasteiger partial charge in [-0.3, -0.25) is 29.0 Å². The van der Waals surface area contributed by atoms with Crippen molar-refractivity contribution in [2.24, 2.45) is 34.0 Å². The number of carbonyl (C=O) groups excluding carboxylic acids is 4. The van der Waals surface area contributed by atoms with E-state index in [9.17, 15) is 39.0 Å². The van der Waals surface area contributed by atoms with Crippen molar-refractivity contribution >= 4 is 41.5 Å². The van der Waals surface area contributed by atoms with Crippen LogP contribution in [0.2, 0.25) is 0 Å². The molecule has 0 spiro atoms. The monoisotopic (exact) mass is 664 g/mol. The predicted molar refractivity (Wildman–Crippen MR) is 172 cm³/mol. The van der Waals surface area contributed by atoms with E-state index in [1.165, 1.54) is 24.3 Å². The molecule has 0 aliphatic carbocycles. The van der Waals surface area contributed by atoms with Crippen molar-refractivity contribution in [2.45, 2.75) is 90.0 Å². The Hall–Kier alpha value is -4.93. The van der Waals surface area contributed by atoms with Crippen LogP contribution in [0.1, 0.15) is 58.9 Å². The van der Waals surface area contributed by atoms with Gasteiger partial charge >= 0.3 is 11.9 Å². The van der Waals surface area contributed by atoms with Crippen molar-refractivity contribution in [2.75, 3.05) is 6.54 Å². The third-order valence-electron chi connectivity index (χ3n) is 7.34. The number of carbonyl (C=O) groups is 6. The molecule has 0 unspecified atom stereocenters. The standard InChI is InChI=1S/C30H48N8O9/c1-5-16(4)24(29(46)47)38-27(44)21(13-17-8-10-18(39)11-9-17)36-28(45)23(15(2)3)37-26(43)20(7-6-12-34-30(32)33)35-25(42)19(31)14-22(40)41/h8-11,15-16,19-21,23-24,39H,5-7,12-14,31H2,1-4H3,(H,35,42)(H,36,45)(H,37,43)(H,38,44)(H,40,41)(H,46,47)(H4,32,33,34)/t16-,19+,20-,21-,23+,24-/m0/s1. The fourth-order valence-corrected chi connectivity index (χ4v) is 4.40. The van der Waals surface area contributed by atoms with E-state index in [4.69, 9.17) is 22.3 Å². The van der Waals surface area contributed by atoms with Gasteiger partial charge in [0.2, 0.25) is 23.6 Å². The van der Waals surface area contributed by atoms with Gasteiger partial charge in [0.15, 0.2) is 5.96 Å². The molecule has 0 fully saturated rings. The zero-order valence-corrected chi connectivity index (χ0v) is 27.1. The van der Waals surface area contributed by atoms with Gasteiger partial charge in [0.25, 0.3) is 0 Å². The van der Waals surface area contributed by atoms with Crippen LogP contribution in [-0.4, -0.2) is 93.6 Å². The van der Waals surface area contributed by atoms with Gasteiger partial charge in [0.1, 0.15) is 29.9 Å². The maximum atomic E-state index is 13.6. The largest absolute Gasteiger partial charge is 0.508 e. The summed E-state index contributed by atoms with van der Waals surface area (Å²) in [6, 6.07) is -0.577. The summed E-state index contributed by atoms with van der Waals surface area (Å²) in [6.07, 6.45) is -0.0835. The normalized spacial score (nSPS) is 14.8. The Morgan fingerprint density at radius 3 is 1.87 bits per heavy atom. The zero-order chi connectivity index (χ0) is 35.8. The molecule has 17 heteroatoms. The van der Waals surface area contributed by atoms with E-state index in [0.29, 0.717) is 12.0 Å². The highest BCUT2D eigenvalue weighted by atomic mass is 16.4. The summed E-state index contributed by atoms with van der Waals surface area (Å²) in [4.78, 5) is 79.8. The van der Waals surface area contributed by atoms with Crippen molar-refractivity contribution in [1.82, 2.24) is 21.3 Å². The Morgan fingerprint density at radius 2 is 1.36 bits per heavy atom. The number of nitrogens with zero attached hydrogens (tertiary/aromatic N) is 1. The summed E-state index contributed by atoms with van der Waals surface area (Å²) in [5, 5.41) is 38.5. The number of amides is 4. The summed E-state index contributed by atoms with van der Waals surface area (Å²) in [5.41, 5.74) is 16.9. The number of aromatic hydroxyl groups is 1. The van der Waals surface area contributed by atoms with Gasteiger partial charge in [-0.25, -0.2) is 4.79 Å². The number of phenols is 1. The molecule has 1 rings (SSSR count). The molecule has 0 saturated carbocycles. The maximum absolute atomic E-state index is 13.6. The van der Waals surface area contributed by atoms with E-state index in [1.807, 2.05) is 0 Å². The van der Waals surface area contributed by atoms with Gasteiger partial charge in [-0.15, -0.1) is 0 Å². The van der Waals surface area contributed by atoms with Crippen LogP contribution in [0.15, 0.2) is 29.3 Å². The number of nitrogens with one attached hydrogen (secondary N) is 4. The van der Waals surface area contributed by atoms with E-state index in [0.717, 1.165) is 0 Å². The summed E-state index contributed by atoms with van der Waals surface area (Å²) in [7, 11) is 0. The van der Waals surface area contributed by atoms with Crippen LogP contribution >= 0.6 is 0 Å². The molecule has 4 amide bonds. The second-order valence-corrected chi connectivity index (χ2v) is 11.6. The van der Waals surface area contributed by atoms with Crippen LogP contribution < -0.4 is 38.5 Å². The Labute approximate surface area is 273 Å². The number of nitrogens with two attached hydrogens (primary N) is 3. The fourth-order valence-electron chi connectivity index (χ4n) is 4.40. The van der Waals surface area contributed by atoms with Gasteiger partial charge in [-0.05, 0) is 42.4 Å². The number of rotatable bonds is 20. The molecule has 0 saturated heterocycles. The molecule has 6 atom stereocenters. The lowest BCUT2D eigenvalue weighted by Crippen LogP contribution is -2.60. The molecule has 0 aromatic heterocycles. The molecule has 0 aliphatic heterocycles. The number of benzene rings is 1. The van der Waals surface area contributed by atoms with Gasteiger partial charge in [0, 0.05) is 13.0 Å². The third-order valence-corrected chi connectivity index (χ3v) is 7.34. The number of aliphatic carboxylic acids is 2. The first kappa shape index (κ1) is 40.1. The van der Waals surface area contributed by atoms with Crippen molar-refractivity contribution in [1.29, 1.82) is 0 Å². The van der Waals surface area contributed by atoms with E-state index < -0.39 is 84.0 Å². The highest BCUT2D eigenvalue weighted by Crippen LogP contribution is 2.14. The SMILES string of the molecule is CC[C@H](C)[C@H](NC(=O)[C@H](Cc1ccc(O)cc1)NC(=O)[C@H](NC(=O)[C@H](CCCN=C(N)N)NC(=O)[C@H](N)CC(=O)O)C(C)C)C(=O)O. The topological polar surface area (TPSA) is 302 Å². The van der Waals surface area contributed by atoms with Crippen molar-refractivity contribution in [3.05, 3.63) is 29.8 Å². The average molecular weight is 665 g/mol. The van der Waals surface area contributed by atoms with Gasteiger partial charge in [-0.2, -0.15) is 0 Å². The number of hydrogen-bond acceptors (Lipinski definition) is 9. The minimum absolute atomic E-state index is 0.00134. The summed E-state index contributed by atoms with van der Waals surface area (Å²) >= 11 is 0. The lowest BCUT2D eigenvalue weighted by Gasteiger charge is -2.28. The fraction of sp³-hybridized carbons (Fsp3) is 0.567. The second kappa shape index (κ2) is 19.6. The average Bonchev–Trinajstić information content (AvgIpc) is 2.99. The van der Waals surface area contributed by atoms with Gasteiger partial charge < -0.3 is 53.8 Å². The number of carboxylic acid groups (broad SMARTS) is 2. The first-order valence-electron chi connectivity index (χ1n) is 15.2. The molecule has 13 N–H and O–H groups in total. The zero-order valence-electron chi connectivity index (χ0n) is 27.1. The molecule has 0 radical (unpaired) electrons. The van der Waals surface area contributed by atoms with Gasteiger partial charge in [0.05, 0.1) is 12.5 Å². The Morgan fingerprint density at radius 1 is 0.809 bits per heavy atom. The van der Waals surface area contributed by atoms with Crippen LogP contribution in [0, 0.1) is 11.8 Å². The molecule has 17 nitrogen and oxygen atoms in total. The maximum Gasteiger partial charge on any atom is 0.326 e. The smallest absolute Gasteiger partial charge is 0.326 e. The Balaban J connectivity index is 3.28. The summed E-state index contributed by atoms with van der Waals surface area (Å²) in [6.45, 7) is 6.82. The number of guanidine groups is 1. The first-order valence-corrected chi connectivity index (χ1v) is 15.2. The van der Waals surface area contributed by atoms with Crippen LogP contribution in [0.5, 0.6) is 5.75 Å². The Kier molecular flexibility index (Phi) is 16.7. The van der Waals surface area contributed by atoms with Crippen molar-refractivity contribution in [3.8, 4) is 5.75 Å². The van der Waals surface area contributed by atoms with Crippen LogP contribution in [0.25, 0.3) is 0 Å². The van der Waals surface area contributed by atoms with Crippen molar-refractivity contribution in [3.63, 3.8) is 0 Å². The highest BCUT2D eigenvalue weighted by Gasteiger charge is 2.34. The quantitative estimate of drug-likeness (QED) is 0.0433. The lowest BCUT2D eigenvalue weighted by atomic mass is 9.97. The molecule has 0 aliphatic rings. The first-order chi connectivity index (χ1) is 22.0. The van der Waals surface area contributed by atoms with Crippen LogP contribution in [-0.2, 0) is 35.2 Å². The van der Waals surface area contributed by atoms with Crippen molar-refractivity contribution < 1.29 is 44.1 Å². The molecular formula is C30H48N8O9.